The highest BCUT2D eigenvalue weighted by molar-refractivity contribution is 5.82. The predicted octanol–water partition coefficient (Wildman–Crippen LogP) is 6.94. The summed E-state index contributed by atoms with van der Waals surface area (Å²) in [5.41, 5.74) is 4.22. The number of carbonyl (C=O) groups is 1. The van der Waals surface area contributed by atoms with Gasteiger partial charge in [0.2, 0.25) is 5.91 Å². The van der Waals surface area contributed by atoms with Crippen LogP contribution in [0.5, 0.6) is 0 Å². The van der Waals surface area contributed by atoms with Gasteiger partial charge in [-0.05, 0) is 86.6 Å². The summed E-state index contributed by atoms with van der Waals surface area (Å²) < 4.78 is 0. The van der Waals surface area contributed by atoms with E-state index in [2.05, 4.69) is 62.2 Å². The van der Waals surface area contributed by atoms with Gasteiger partial charge in [-0.2, -0.15) is 0 Å². The number of nitrogens with one attached hydrogen (secondary N) is 1. The average molecular weight is 535 g/mol. The molecule has 1 N–H and O–H groups in total. The first-order valence-electron chi connectivity index (χ1n) is 14.5. The van der Waals surface area contributed by atoms with E-state index in [1.165, 1.54) is 11.3 Å². The van der Waals surface area contributed by atoms with Gasteiger partial charge in [-0.25, -0.2) is 0 Å². The minimum atomic E-state index is -0.336. The molecule has 0 bridgehead atoms. The zero-order valence-corrected chi connectivity index (χ0v) is 24.6. The van der Waals surface area contributed by atoms with Crippen LogP contribution >= 0.6 is 0 Å². The third-order valence-electron chi connectivity index (χ3n) is 8.97. The second-order valence-corrected chi connectivity index (χ2v) is 13.2. The van der Waals surface area contributed by atoms with Crippen molar-refractivity contribution in [2.75, 3.05) is 36.9 Å². The van der Waals surface area contributed by atoms with E-state index >= 15 is 0 Å². The summed E-state index contributed by atoms with van der Waals surface area (Å²) in [6, 6.07) is 14.5. The quantitative estimate of drug-likeness (QED) is 0.308. The van der Waals surface area contributed by atoms with E-state index in [4.69, 9.17) is 0 Å². The molecule has 1 saturated carbocycles. The number of nitro groups is 1. The topological polar surface area (TPSA) is 78.7 Å². The molecule has 7 nitrogen and oxygen atoms in total. The van der Waals surface area contributed by atoms with Gasteiger partial charge in [0.25, 0.3) is 5.69 Å². The van der Waals surface area contributed by atoms with Gasteiger partial charge >= 0.3 is 0 Å². The van der Waals surface area contributed by atoms with Crippen molar-refractivity contribution in [3.8, 4) is 0 Å². The summed E-state index contributed by atoms with van der Waals surface area (Å²) in [6.45, 7) is 13.3. The zero-order valence-electron chi connectivity index (χ0n) is 24.6. The first-order valence-corrected chi connectivity index (χ1v) is 14.5. The smallest absolute Gasteiger partial charge is 0.272 e. The molecule has 2 aromatic rings. The molecule has 2 aromatic carbocycles. The van der Waals surface area contributed by atoms with E-state index in [0.717, 1.165) is 63.8 Å². The molecule has 1 aliphatic heterocycles. The van der Waals surface area contributed by atoms with E-state index in [1.54, 1.807) is 19.1 Å². The van der Waals surface area contributed by atoms with Crippen LogP contribution < -0.4 is 10.2 Å². The second kappa shape index (κ2) is 11.6. The molecule has 1 heterocycles. The monoisotopic (exact) mass is 534 g/mol. The molecule has 1 amide bonds. The third-order valence-corrected chi connectivity index (χ3v) is 8.97. The third kappa shape index (κ3) is 6.92. The Balaban J connectivity index is 1.24. The van der Waals surface area contributed by atoms with Crippen LogP contribution in [0.4, 0.5) is 17.1 Å². The van der Waals surface area contributed by atoms with Gasteiger partial charge in [0.1, 0.15) is 0 Å². The number of benzene rings is 2. The maximum absolute atomic E-state index is 13.6. The average Bonchev–Trinajstić information content (AvgIpc) is 2.89. The highest BCUT2D eigenvalue weighted by Crippen LogP contribution is 2.36. The maximum atomic E-state index is 13.6. The van der Waals surface area contributed by atoms with Crippen molar-refractivity contribution in [3.05, 3.63) is 63.7 Å². The van der Waals surface area contributed by atoms with Crippen LogP contribution in [0.15, 0.2) is 42.5 Å². The van der Waals surface area contributed by atoms with E-state index in [0.29, 0.717) is 17.5 Å². The van der Waals surface area contributed by atoms with Crippen molar-refractivity contribution in [1.29, 1.82) is 0 Å². The lowest BCUT2D eigenvalue weighted by atomic mass is 9.78. The van der Waals surface area contributed by atoms with E-state index < -0.39 is 0 Å². The summed E-state index contributed by atoms with van der Waals surface area (Å²) in [5.74, 6) is 0.799. The minimum absolute atomic E-state index is 0.151. The van der Waals surface area contributed by atoms with Crippen LogP contribution in [0.2, 0.25) is 0 Å². The molecular formula is C32H46N4O3. The van der Waals surface area contributed by atoms with Crippen LogP contribution in [-0.4, -0.2) is 48.5 Å². The number of nitrogens with zero attached hydrogens (tertiary/aromatic N) is 3. The highest BCUT2D eigenvalue weighted by Gasteiger charge is 2.39. The molecule has 2 aliphatic rings. The molecule has 7 heteroatoms. The lowest BCUT2D eigenvalue weighted by molar-refractivity contribution is -0.385. The van der Waals surface area contributed by atoms with E-state index in [9.17, 15) is 14.9 Å². The Labute approximate surface area is 234 Å². The predicted molar refractivity (Wildman–Crippen MR) is 160 cm³/mol. The van der Waals surface area contributed by atoms with E-state index in [1.807, 2.05) is 18.0 Å². The number of rotatable bonds is 7. The molecule has 1 aliphatic carbocycles. The molecule has 2 fully saturated rings. The standard InChI is InChI=1S/C32H46N4O3/c1-23-21-27(13-16-29(23)36(38)39)33-26-11-7-24(8-12-26)22-34(6)30(37)32(5)17-19-35(20-18-32)28-14-9-25(10-15-28)31(2,3)4/h9-10,13-16,21,24,26,33H,7-8,11-12,17-20,22H2,1-6H3. The van der Waals surface area contributed by atoms with Crippen LogP contribution in [0.3, 0.4) is 0 Å². The van der Waals surface area contributed by atoms with Crippen LogP contribution in [-0.2, 0) is 10.2 Å². The normalized spacial score (nSPS) is 21.3. The maximum Gasteiger partial charge on any atom is 0.272 e. The number of amides is 1. The van der Waals surface area contributed by atoms with Gasteiger partial charge in [0, 0.05) is 61.1 Å². The summed E-state index contributed by atoms with van der Waals surface area (Å²) in [4.78, 5) is 28.7. The number of nitro benzene ring substituents is 1. The molecule has 1 saturated heterocycles. The molecule has 0 atom stereocenters. The lowest BCUT2D eigenvalue weighted by Crippen LogP contribution is -2.49. The second-order valence-electron chi connectivity index (χ2n) is 13.2. The molecule has 0 unspecified atom stereocenters. The van der Waals surface area contributed by atoms with Gasteiger partial charge in [0.05, 0.1) is 4.92 Å². The molecule has 0 aromatic heterocycles. The minimum Gasteiger partial charge on any atom is -0.382 e. The van der Waals surface area contributed by atoms with Crippen LogP contribution in [0.25, 0.3) is 0 Å². The first-order chi connectivity index (χ1) is 18.4. The fourth-order valence-corrected chi connectivity index (χ4v) is 6.25. The lowest BCUT2D eigenvalue weighted by Gasteiger charge is -2.42. The number of piperidine rings is 1. The zero-order chi connectivity index (χ0) is 28.4. The summed E-state index contributed by atoms with van der Waals surface area (Å²) in [6.07, 6.45) is 6.00. The van der Waals surface area contributed by atoms with Gasteiger partial charge in [-0.15, -0.1) is 0 Å². The van der Waals surface area contributed by atoms with Crippen molar-refractivity contribution in [1.82, 2.24) is 4.90 Å². The Morgan fingerprint density at radius 2 is 1.69 bits per heavy atom. The molecule has 39 heavy (non-hydrogen) atoms. The summed E-state index contributed by atoms with van der Waals surface area (Å²) in [5, 5.41) is 14.6. The number of carbonyl (C=O) groups excluding carboxylic acids is 1. The van der Waals surface area contributed by atoms with Crippen molar-refractivity contribution in [2.45, 2.75) is 84.6 Å². The molecule has 0 spiro atoms. The Morgan fingerprint density at radius 1 is 1.08 bits per heavy atom. The fraction of sp³-hybridized carbons (Fsp3) is 0.594. The molecule has 0 radical (unpaired) electrons. The van der Waals surface area contributed by atoms with Crippen molar-refractivity contribution >= 4 is 23.0 Å². The Hall–Kier alpha value is -3.09. The van der Waals surface area contributed by atoms with Gasteiger partial charge in [0.15, 0.2) is 0 Å². The SMILES string of the molecule is Cc1cc(NC2CCC(CN(C)C(=O)C3(C)CCN(c4ccc(C(C)(C)C)cc4)CC3)CC2)ccc1[N+](=O)[O-]. The molecule has 212 valence electrons. The van der Waals surface area contributed by atoms with Crippen molar-refractivity contribution in [2.24, 2.45) is 11.3 Å². The first kappa shape index (κ1) is 28.9. The largest absolute Gasteiger partial charge is 0.382 e. The van der Waals surface area contributed by atoms with Gasteiger partial charge in [-0.1, -0.05) is 39.8 Å². The van der Waals surface area contributed by atoms with Crippen molar-refractivity contribution in [3.63, 3.8) is 0 Å². The highest BCUT2D eigenvalue weighted by atomic mass is 16.6. The fourth-order valence-electron chi connectivity index (χ4n) is 6.25. The summed E-state index contributed by atoms with van der Waals surface area (Å²) >= 11 is 0. The van der Waals surface area contributed by atoms with Crippen LogP contribution in [0.1, 0.15) is 77.3 Å². The number of anilines is 2. The number of hydrogen-bond acceptors (Lipinski definition) is 5. The Kier molecular flexibility index (Phi) is 8.57. The number of aryl methyl sites for hydroxylation is 1. The molecular weight excluding hydrogens is 488 g/mol. The Bertz CT molecular complexity index is 1150. The van der Waals surface area contributed by atoms with Gasteiger partial charge < -0.3 is 15.1 Å². The number of hydrogen-bond donors (Lipinski definition) is 1. The Morgan fingerprint density at radius 3 is 2.23 bits per heavy atom. The van der Waals surface area contributed by atoms with E-state index in [-0.39, 0.29) is 27.3 Å². The van der Waals surface area contributed by atoms with Gasteiger partial charge in [-0.3, -0.25) is 14.9 Å². The molecule has 4 rings (SSSR count). The van der Waals surface area contributed by atoms with Crippen molar-refractivity contribution < 1.29 is 9.72 Å². The van der Waals surface area contributed by atoms with Crippen LogP contribution in [0, 0.1) is 28.4 Å². The summed E-state index contributed by atoms with van der Waals surface area (Å²) in [7, 11) is 1.98.